The monoisotopic (exact) mass is 279 g/mol. The summed E-state index contributed by atoms with van der Waals surface area (Å²) in [5.74, 6) is -0.247. The highest BCUT2D eigenvalue weighted by Crippen LogP contribution is 2.18. The van der Waals surface area contributed by atoms with Gasteiger partial charge in [0.05, 0.1) is 19.3 Å². The fourth-order valence-electron chi connectivity index (χ4n) is 1.62. The summed E-state index contributed by atoms with van der Waals surface area (Å²) in [7, 11) is 1.39. The number of carbonyl (C=O) groups excluding carboxylic acids is 1. The standard InChI is InChI=1S/C10H18BrNO3/c1-7-3-4-8(15-7)5-12-6-9(11)10(13)14-2/h7-9,12H,3-6H2,1-2H3. The van der Waals surface area contributed by atoms with Crippen molar-refractivity contribution < 1.29 is 14.3 Å². The molecule has 1 fully saturated rings. The van der Waals surface area contributed by atoms with E-state index in [0.29, 0.717) is 12.6 Å². The molecule has 0 amide bonds. The van der Waals surface area contributed by atoms with Crippen LogP contribution in [-0.4, -0.2) is 43.2 Å². The number of alkyl halides is 1. The molecule has 0 aliphatic carbocycles. The molecule has 1 heterocycles. The molecule has 0 aromatic heterocycles. The SMILES string of the molecule is COC(=O)C(Br)CNCC1CCC(C)O1. The summed E-state index contributed by atoms with van der Waals surface area (Å²) in [5.41, 5.74) is 0. The zero-order valence-corrected chi connectivity index (χ0v) is 10.7. The van der Waals surface area contributed by atoms with Gasteiger partial charge in [-0.2, -0.15) is 0 Å². The first-order chi connectivity index (χ1) is 7.13. The first-order valence-corrected chi connectivity index (χ1v) is 6.13. The summed E-state index contributed by atoms with van der Waals surface area (Å²) in [6, 6.07) is 0. The third kappa shape index (κ3) is 4.49. The Bertz CT molecular complexity index is 213. The molecule has 1 saturated heterocycles. The number of halogens is 1. The smallest absolute Gasteiger partial charge is 0.320 e. The van der Waals surface area contributed by atoms with E-state index in [1.807, 2.05) is 0 Å². The lowest BCUT2D eigenvalue weighted by atomic mass is 10.2. The molecule has 88 valence electrons. The number of nitrogens with one attached hydrogen (secondary N) is 1. The van der Waals surface area contributed by atoms with E-state index < -0.39 is 0 Å². The Morgan fingerprint density at radius 3 is 2.93 bits per heavy atom. The van der Waals surface area contributed by atoms with Gasteiger partial charge in [0, 0.05) is 13.1 Å². The Morgan fingerprint density at radius 2 is 2.40 bits per heavy atom. The molecule has 1 aliphatic rings. The van der Waals surface area contributed by atoms with Crippen LogP contribution in [0.15, 0.2) is 0 Å². The third-order valence-corrected chi connectivity index (χ3v) is 3.17. The van der Waals surface area contributed by atoms with E-state index >= 15 is 0 Å². The molecule has 0 bridgehead atoms. The Labute approximate surface area is 98.8 Å². The van der Waals surface area contributed by atoms with E-state index in [2.05, 4.69) is 32.9 Å². The van der Waals surface area contributed by atoms with Crippen molar-refractivity contribution in [2.45, 2.75) is 36.8 Å². The highest BCUT2D eigenvalue weighted by molar-refractivity contribution is 9.10. The summed E-state index contributed by atoms with van der Waals surface area (Å²) < 4.78 is 10.2. The van der Waals surface area contributed by atoms with E-state index in [0.717, 1.165) is 19.4 Å². The van der Waals surface area contributed by atoms with Gasteiger partial charge in [-0.05, 0) is 19.8 Å². The first-order valence-electron chi connectivity index (χ1n) is 5.21. The van der Waals surface area contributed by atoms with E-state index in [9.17, 15) is 4.79 Å². The fraction of sp³-hybridized carbons (Fsp3) is 0.900. The number of ether oxygens (including phenoxy) is 2. The minimum Gasteiger partial charge on any atom is -0.468 e. The Morgan fingerprint density at radius 1 is 1.67 bits per heavy atom. The number of carbonyl (C=O) groups is 1. The van der Waals surface area contributed by atoms with E-state index in [1.165, 1.54) is 7.11 Å². The summed E-state index contributed by atoms with van der Waals surface area (Å²) in [4.78, 5) is 10.8. The maximum atomic E-state index is 11.1. The maximum Gasteiger partial charge on any atom is 0.320 e. The predicted molar refractivity (Wildman–Crippen MR) is 61.2 cm³/mol. The third-order valence-electron chi connectivity index (χ3n) is 2.47. The molecule has 1 N–H and O–H groups in total. The number of rotatable bonds is 5. The molecule has 15 heavy (non-hydrogen) atoms. The second kappa shape index (κ2) is 6.45. The number of methoxy groups -OCH3 is 1. The van der Waals surface area contributed by atoms with Gasteiger partial charge in [-0.15, -0.1) is 0 Å². The van der Waals surface area contributed by atoms with Crippen LogP contribution in [-0.2, 0) is 14.3 Å². The van der Waals surface area contributed by atoms with Crippen LogP contribution < -0.4 is 5.32 Å². The zero-order valence-electron chi connectivity index (χ0n) is 9.16. The molecule has 4 nitrogen and oxygen atoms in total. The molecule has 0 radical (unpaired) electrons. The van der Waals surface area contributed by atoms with Crippen molar-refractivity contribution >= 4 is 21.9 Å². The molecule has 0 saturated carbocycles. The Kier molecular flexibility index (Phi) is 5.56. The molecule has 3 atom stereocenters. The average molecular weight is 280 g/mol. The molecular formula is C10H18BrNO3. The van der Waals surface area contributed by atoms with Gasteiger partial charge in [-0.1, -0.05) is 15.9 Å². The van der Waals surface area contributed by atoms with Crippen LogP contribution in [0.2, 0.25) is 0 Å². The van der Waals surface area contributed by atoms with Crippen LogP contribution in [0.3, 0.4) is 0 Å². The van der Waals surface area contributed by atoms with Crippen LogP contribution in [0.1, 0.15) is 19.8 Å². The van der Waals surface area contributed by atoms with Crippen molar-refractivity contribution in [2.75, 3.05) is 20.2 Å². The van der Waals surface area contributed by atoms with E-state index in [-0.39, 0.29) is 16.9 Å². The topological polar surface area (TPSA) is 47.6 Å². The summed E-state index contributed by atoms with van der Waals surface area (Å²) in [5, 5.41) is 3.19. The van der Waals surface area contributed by atoms with Crippen molar-refractivity contribution in [3.63, 3.8) is 0 Å². The van der Waals surface area contributed by atoms with Gasteiger partial charge in [-0.25, -0.2) is 0 Å². The summed E-state index contributed by atoms with van der Waals surface area (Å²) >= 11 is 3.25. The lowest BCUT2D eigenvalue weighted by Crippen LogP contribution is -2.34. The minimum atomic E-state index is -0.277. The van der Waals surface area contributed by atoms with Gasteiger partial charge in [0.25, 0.3) is 0 Å². The maximum absolute atomic E-state index is 11.1. The normalized spacial score (nSPS) is 27.7. The lowest BCUT2D eigenvalue weighted by Gasteiger charge is -2.13. The van der Waals surface area contributed by atoms with E-state index in [4.69, 9.17) is 4.74 Å². The van der Waals surface area contributed by atoms with Crippen molar-refractivity contribution in [2.24, 2.45) is 0 Å². The molecule has 1 rings (SSSR count). The van der Waals surface area contributed by atoms with Gasteiger partial charge < -0.3 is 14.8 Å². The van der Waals surface area contributed by atoms with Gasteiger partial charge in [0.2, 0.25) is 0 Å². The van der Waals surface area contributed by atoms with Gasteiger partial charge in [-0.3, -0.25) is 4.79 Å². The first kappa shape index (κ1) is 12.9. The van der Waals surface area contributed by atoms with E-state index in [1.54, 1.807) is 0 Å². The molecule has 3 unspecified atom stereocenters. The average Bonchev–Trinajstić information content (AvgIpc) is 2.63. The van der Waals surface area contributed by atoms with Gasteiger partial charge in [0.15, 0.2) is 0 Å². The molecular weight excluding hydrogens is 262 g/mol. The van der Waals surface area contributed by atoms with Crippen LogP contribution in [0, 0.1) is 0 Å². The number of hydrogen-bond acceptors (Lipinski definition) is 4. The lowest BCUT2D eigenvalue weighted by molar-refractivity contribution is -0.139. The molecule has 0 aromatic carbocycles. The highest BCUT2D eigenvalue weighted by atomic mass is 79.9. The van der Waals surface area contributed by atoms with Crippen molar-refractivity contribution in [3.8, 4) is 0 Å². The van der Waals surface area contributed by atoms with Crippen LogP contribution in [0.4, 0.5) is 0 Å². The van der Waals surface area contributed by atoms with Crippen LogP contribution >= 0.6 is 15.9 Å². The Hall–Kier alpha value is -0.130. The van der Waals surface area contributed by atoms with Crippen LogP contribution in [0.5, 0.6) is 0 Å². The zero-order chi connectivity index (χ0) is 11.3. The van der Waals surface area contributed by atoms with Crippen molar-refractivity contribution in [3.05, 3.63) is 0 Å². The largest absolute Gasteiger partial charge is 0.468 e. The van der Waals surface area contributed by atoms with Crippen molar-refractivity contribution in [1.29, 1.82) is 0 Å². The second-order valence-corrected chi connectivity index (χ2v) is 4.90. The molecule has 0 spiro atoms. The number of esters is 1. The minimum absolute atomic E-state index is 0.247. The Balaban J connectivity index is 2.08. The summed E-state index contributed by atoms with van der Waals surface area (Å²) in [6.45, 7) is 3.45. The quantitative estimate of drug-likeness (QED) is 0.604. The molecule has 1 aliphatic heterocycles. The highest BCUT2D eigenvalue weighted by Gasteiger charge is 2.22. The molecule has 5 heteroatoms. The summed E-state index contributed by atoms with van der Waals surface area (Å²) in [6.07, 6.45) is 2.88. The van der Waals surface area contributed by atoms with Crippen LogP contribution in [0.25, 0.3) is 0 Å². The fourth-order valence-corrected chi connectivity index (χ4v) is 2.03. The molecule has 0 aromatic rings. The van der Waals surface area contributed by atoms with Crippen molar-refractivity contribution in [1.82, 2.24) is 5.32 Å². The number of hydrogen-bond donors (Lipinski definition) is 1. The van der Waals surface area contributed by atoms with Gasteiger partial charge >= 0.3 is 5.97 Å². The van der Waals surface area contributed by atoms with Gasteiger partial charge in [0.1, 0.15) is 4.83 Å². The predicted octanol–water partition coefficient (Wildman–Crippen LogP) is 1.08. The second-order valence-electron chi connectivity index (χ2n) is 3.80.